The van der Waals surface area contributed by atoms with Gasteiger partial charge in [-0.25, -0.2) is 4.98 Å². The fourth-order valence-corrected chi connectivity index (χ4v) is 7.85. The largest absolute Gasteiger partial charge is 0.498 e. The molecular formula is C48H49IrN3O2Si-2. The predicted octanol–water partition coefficient (Wildman–Crippen LogP) is 12.9. The smallest absolute Gasteiger partial charge is 0.228 e. The molecule has 8 rings (SSSR count). The number of fused-ring (bicyclic) bond motifs is 5. The molecule has 0 spiro atoms. The van der Waals surface area contributed by atoms with Crippen molar-refractivity contribution in [1.29, 1.82) is 0 Å². The summed E-state index contributed by atoms with van der Waals surface area (Å²) in [7, 11) is -1.23. The fraction of sp³-hybridized carbons (Fsp3) is 0.271. The molecule has 283 valence electrons. The molecule has 0 N–H and O–H groups in total. The molecule has 0 aliphatic heterocycles. The molecule has 7 heteroatoms. The molecule has 0 atom stereocenters. The zero-order valence-electron chi connectivity index (χ0n) is 33.5. The first-order valence-electron chi connectivity index (χ1n) is 18.9. The van der Waals surface area contributed by atoms with Gasteiger partial charge in [0.15, 0.2) is 16.7 Å². The average Bonchev–Trinajstić information content (AvgIpc) is 3.76. The maximum atomic E-state index is 6.56. The van der Waals surface area contributed by atoms with Gasteiger partial charge in [0.25, 0.3) is 0 Å². The van der Waals surface area contributed by atoms with Crippen LogP contribution in [0, 0.1) is 12.1 Å². The summed E-state index contributed by atoms with van der Waals surface area (Å²) in [6, 6.07) is 37.5. The van der Waals surface area contributed by atoms with Crippen molar-refractivity contribution in [1.82, 2.24) is 15.0 Å². The molecule has 0 amide bonds. The number of pyridine rings is 2. The van der Waals surface area contributed by atoms with Crippen LogP contribution in [0.1, 0.15) is 77.0 Å². The summed E-state index contributed by atoms with van der Waals surface area (Å²) in [5.74, 6) is 1.34. The van der Waals surface area contributed by atoms with E-state index in [0.717, 1.165) is 61.1 Å². The Hall–Kier alpha value is -4.68. The van der Waals surface area contributed by atoms with Crippen molar-refractivity contribution in [2.75, 3.05) is 0 Å². The third-order valence-corrected chi connectivity index (χ3v) is 12.1. The summed E-state index contributed by atoms with van der Waals surface area (Å²) >= 11 is 0. The van der Waals surface area contributed by atoms with E-state index in [2.05, 4.69) is 134 Å². The minimum absolute atomic E-state index is 0. The van der Waals surface area contributed by atoms with Crippen molar-refractivity contribution in [3.8, 4) is 34.0 Å². The van der Waals surface area contributed by atoms with E-state index < -0.39 is 8.07 Å². The number of hydrogen-bond acceptors (Lipinski definition) is 5. The topological polar surface area (TPSA) is 65.0 Å². The minimum Gasteiger partial charge on any atom is -0.498 e. The van der Waals surface area contributed by atoms with Crippen molar-refractivity contribution >= 4 is 46.3 Å². The zero-order chi connectivity index (χ0) is 38.4. The Bertz CT molecular complexity index is 2530. The van der Waals surface area contributed by atoms with Crippen LogP contribution in [-0.4, -0.2) is 23.0 Å². The second-order valence-electron chi connectivity index (χ2n) is 16.8. The van der Waals surface area contributed by atoms with Gasteiger partial charge < -0.3 is 18.8 Å². The Labute approximate surface area is 340 Å². The standard InChI is InChI=1S/C34H33N2O2.C14H16NSi.Ir/c1-19(2)22-10-8-11-23(20(3)4)29(22)33-36-30-28(37-33)17-15-25-24-12-9-13-26(31(24)38-32(25)30)27-16-14-21(18-35-27)34(5,6)7;1-16(2,3)13-9-10-14(15-11-13)12-7-5-4-6-8-12;/h8-12,14-20H,1-7H3;4-7,9-11H,1-3H3;/q2*-1;. The number of hydrogen-bond donors (Lipinski definition) is 0. The first kappa shape index (κ1) is 40.0. The van der Waals surface area contributed by atoms with Crippen LogP contribution in [0.2, 0.25) is 19.6 Å². The van der Waals surface area contributed by atoms with Crippen molar-refractivity contribution in [3.05, 3.63) is 132 Å². The minimum atomic E-state index is -1.23. The Morgan fingerprint density at radius 3 is 1.93 bits per heavy atom. The molecule has 0 saturated carbocycles. The van der Waals surface area contributed by atoms with Crippen molar-refractivity contribution in [2.45, 2.75) is 85.4 Å². The van der Waals surface area contributed by atoms with Crippen LogP contribution in [0.4, 0.5) is 0 Å². The Morgan fingerprint density at radius 2 is 1.35 bits per heavy atom. The second-order valence-corrected chi connectivity index (χ2v) is 21.8. The van der Waals surface area contributed by atoms with Gasteiger partial charge in [-0.15, -0.1) is 54.1 Å². The van der Waals surface area contributed by atoms with Gasteiger partial charge in [-0.2, -0.15) is 0 Å². The molecule has 55 heavy (non-hydrogen) atoms. The number of benzene rings is 4. The van der Waals surface area contributed by atoms with Gasteiger partial charge in [0.2, 0.25) is 5.89 Å². The maximum absolute atomic E-state index is 6.56. The molecule has 5 nitrogen and oxygen atoms in total. The molecule has 0 fully saturated rings. The summed E-state index contributed by atoms with van der Waals surface area (Å²) in [6.07, 6.45) is 3.97. The van der Waals surface area contributed by atoms with Gasteiger partial charge in [-0.1, -0.05) is 122 Å². The Morgan fingerprint density at radius 1 is 0.655 bits per heavy atom. The quantitative estimate of drug-likeness (QED) is 0.123. The van der Waals surface area contributed by atoms with Gasteiger partial charge in [0.1, 0.15) is 0 Å². The molecule has 4 heterocycles. The normalized spacial score (nSPS) is 12.0. The third-order valence-electron chi connectivity index (χ3n) is 10.0. The third kappa shape index (κ3) is 8.16. The number of aromatic nitrogens is 3. The van der Waals surface area contributed by atoms with Crippen molar-refractivity contribution < 1.29 is 28.9 Å². The molecule has 8 aromatic rings. The summed E-state index contributed by atoms with van der Waals surface area (Å²) in [4.78, 5) is 14.3. The van der Waals surface area contributed by atoms with Crippen LogP contribution < -0.4 is 5.19 Å². The van der Waals surface area contributed by atoms with Gasteiger partial charge >= 0.3 is 0 Å². The van der Waals surface area contributed by atoms with Crippen LogP contribution in [0.25, 0.3) is 67.0 Å². The molecule has 4 aromatic carbocycles. The molecular weight excluding hydrogens is 871 g/mol. The predicted molar refractivity (Wildman–Crippen MR) is 227 cm³/mol. The molecule has 0 aliphatic carbocycles. The average molecular weight is 920 g/mol. The molecule has 1 radical (unpaired) electrons. The van der Waals surface area contributed by atoms with Crippen LogP contribution in [0.5, 0.6) is 0 Å². The zero-order valence-corrected chi connectivity index (χ0v) is 36.9. The maximum Gasteiger partial charge on any atom is 0.228 e. The number of furan rings is 1. The fourth-order valence-electron chi connectivity index (χ4n) is 6.82. The summed E-state index contributed by atoms with van der Waals surface area (Å²) in [5.41, 5.74) is 11.5. The molecule has 0 unspecified atom stereocenters. The second kappa shape index (κ2) is 15.8. The van der Waals surface area contributed by atoms with Crippen molar-refractivity contribution in [2.24, 2.45) is 0 Å². The SMILES string of the molecule is CC(C)c1cccc(C(C)C)c1-c1nc2c(ccc3c4cc[c-]c(-c5ccc(C(C)(C)C)cn5)c4oc32)o1.C[Si](C)(C)c1ccc(-c2[c-]cccc2)nc1.[Ir]. The Balaban J connectivity index is 0.000000254. The molecule has 0 saturated heterocycles. The van der Waals surface area contributed by atoms with Gasteiger partial charge in [-0.05, 0) is 62.6 Å². The first-order valence-corrected chi connectivity index (χ1v) is 22.4. The van der Waals surface area contributed by atoms with E-state index in [0.29, 0.717) is 17.7 Å². The van der Waals surface area contributed by atoms with Crippen LogP contribution in [0.3, 0.4) is 0 Å². The Kier molecular flexibility index (Phi) is 11.5. The number of rotatable bonds is 6. The number of oxazole rings is 1. The molecule has 4 aromatic heterocycles. The monoisotopic (exact) mass is 920 g/mol. The van der Waals surface area contributed by atoms with E-state index >= 15 is 0 Å². The van der Waals surface area contributed by atoms with E-state index in [1.807, 2.05) is 54.9 Å². The van der Waals surface area contributed by atoms with Crippen LogP contribution in [0.15, 0.2) is 112 Å². The molecule has 0 aliphatic rings. The first-order chi connectivity index (χ1) is 25.7. The summed E-state index contributed by atoms with van der Waals surface area (Å²) in [5, 5.41) is 3.43. The molecule has 0 bridgehead atoms. The van der Waals surface area contributed by atoms with Gasteiger partial charge in [0, 0.05) is 43.4 Å². The van der Waals surface area contributed by atoms with E-state index in [-0.39, 0.29) is 25.5 Å². The van der Waals surface area contributed by atoms with Crippen LogP contribution in [-0.2, 0) is 25.5 Å². The van der Waals surface area contributed by atoms with Gasteiger partial charge in [0.05, 0.1) is 13.7 Å². The van der Waals surface area contributed by atoms with Crippen molar-refractivity contribution in [3.63, 3.8) is 0 Å². The summed E-state index contributed by atoms with van der Waals surface area (Å²) < 4.78 is 13.0. The van der Waals surface area contributed by atoms with Gasteiger partial charge in [-0.3, -0.25) is 0 Å². The van der Waals surface area contributed by atoms with E-state index in [4.69, 9.17) is 18.8 Å². The van der Waals surface area contributed by atoms with E-state index in [9.17, 15) is 0 Å². The number of nitrogens with zero attached hydrogens (tertiary/aromatic N) is 3. The summed E-state index contributed by atoms with van der Waals surface area (Å²) in [6.45, 7) is 22.4. The van der Waals surface area contributed by atoms with E-state index in [1.54, 1.807) is 0 Å². The van der Waals surface area contributed by atoms with Crippen LogP contribution >= 0.6 is 0 Å². The van der Waals surface area contributed by atoms with E-state index in [1.165, 1.54) is 21.9 Å².